The van der Waals surface area contributed by atoms with Crippen molar-refractivity contribution in [1.29, 1.82) is 0 Å². The van der Waals surface area contributed by atoms with E-state index >= 15 is 0 Å². The van der Waals surface area contributed by atoms with Gasteiger partial charge in [0.15, 0.2) is 0 Å². The Morgan fingerprint density at radius 3 is 2.12 bits per heavy atom. The van der Waals surface area contributed by atoms with Gasteiger partial charge in [0.1, 0.15) is 24.3 Å². The van der Waals surface area contributed by atoms with Crippen molar-refractivity contribution in [2.24, 2.45) is 11.3 Å². The molecule has 0 aliphatic heterocycles. The first kappa shape index (κ1) is 12.0. The van der Waals surface area contributed by atoms with Crippen molar-refractivity contribution >= 4 is 18.9 Å². The van der Waals surface area contributed by atoms with Crippen LogP contribution in [-0.4, -0.2) is 18.9 Å². The first-order chi connectivity index (χ1) is 7.67. The molecule has 0 radical (unpaired) electrons. The van der Waals surface area contributed by atoms with Crippen molar-refractivity contribution in [2.45, 2.75) is 0 Å². The minimum Gasteiger partial charge on any atom is -0.302 e. The van der Waals surface area contributed by atoms with E-state index < -0.39 is 11.3 Å². The van der Waals surface area contributed by atoms with Gasteiger partial charge in [-0.2, -0.15) is 0 Å². The molecule has 0 bridgehead atoms. The zero-order chi connectivity index (χ0) is 12.2. The maximum absolute atomic E-state index is 11.1. The summed E-state index contributed by atoms with van der Waals surface area (Å²) in [5, 5.41) is 0. The monoisotopic (exact) mass is 216 g/mol. The van der Waals surface area contributed by atoms with Crippen molar-refractivity contribution < 1.29 is 14.4 Å². The van der Waals surface area contributed by atoms with Gasteiger partial charge in [-0.05, 0) is 5.57 Å². The Morgan fingerprint density at radius 2 is 1.75 bits per heavy atom. The van der Waals surface area contributed by atoms with Crippen LogP contribution in [-0.2, 0) is 14.4 Å². The van der Waals surface area contributed by atoms with E-state index in [9.17, 15) is 14.4 Å². The maximum atomic E-state index is 11.1. The number of hydrogen-bond acceptors (Lipinski definition) is 3. The van der Waals surface area contributed by atoms with E-state index in [0.29, 0.717) is 30.0 Å². The van der Waals surface area contributed by atoms with Crippen molar-refractivity contribution in [2.75, 3.05) is 0 Å². The summed E-state index contributed by atoms with van der Waals surface area (Å²) in [6, 6.07) is 0. The van der Waals surface area contributed by atoms with E-state index in [1.165, 1.54) is 18.2 Å². The summed E-state index contributed by atoms with van der Waals surface area (Å²) < 4.78 is 0. The Balaban J connectivity index is 3.39. The second-order valence-electron chi connectivity index (χ2n) is 3.54. The number of carbonyl (C=O) groups is 3. The fourth-order valence-corrected chi connectivity index (χ4v) is 1.69. The van der Waals surface area contributed by atoms with Gasteiger partial charge in [0.2, 0.25) is 0 Å². The van der Waals surface area contributed by atoms with E-state index in [0.717, 1.165) is 0 Å². The van der Waals surface area contributed by atoms with E-state index in [-0.39, 0.29) is 0 Å². The molecule has 0 aromatic heterocycles. The summed E-state index contributed by atoms with van der Waals surface area (Å²) in [5.41, 5.74) is -0.357. The van der Waals surface area contributed by atoms with Crippen LogP contribution in [0.4, 0.5) is 0 Å². The van der Waals surface area contributed by atoms with Gasteiger partial charge in [-0.15, -0.1) is 6.58 Å². The van der Waals surface area contributed by atoms with Gasteiger partial charge < -0.3 is 9.59 Å². The molecule has 0 spiro atoms. The van der Waals surface area contributed by atoms with E-state index in [2.05, 4.69) is 13.2 Å². The molecule has 0 N–H and O–H groups in total. The molecule has 0 aromatic carbocycles. The highest BCUT2D eigenvalue weighted by atomic mass is 16.1. The normalized spacial score (nSPS) is 22.4. The predicted octanol–water partition coefficient (Wildman–Crippen LogP) is 1.42. The number of allylic oxidation sites excluding steroid dienone is 6. The molecule has 0 aromatic rings. The second-order valence-corrected chi connectivity index (χ2v) is 3.54. The Labute approximate surface area is 93.8 Å². The van der Waals surface area contributed by atoms with Crippen LogP contribution in [0.25, 0.3) is 0 Å². The van der Waals surface area contributed by atoms with Gasteiger partial charge in [-0.3, -0.25) is 4.79 Å². The van der Waals surface area contributed by atoms with Gasteiger partial charge in [-0.1, -0.05) is 30.9 Å². The summed E-state index contributed by atoms with van der Waals surface area (Å²) in [7, 11) is 0. The lowest BCUT2D eigenvalue weighted by molar-refractivity contribution is -0.124. The van der Waals surface area contributed by atoms with Gasteiger partial charge in [-0.25, -0.2) is 0 Å². The largest absolute Gasteiger partial charge is 0.302 e. The topological polar surface area (TPSA) is 51.2 Å². The molecular weight excluding hydrogens is 204 g/mol. The molecule has 82 valence electrons. The highest BCUT2D eigenvalue weighted by molar-refractivity contribution is 5.92. The van der Waals surface area contributed by atoms with Crippen molar-refractivity contribution in [3.05, 3.63) is 48.6 Å². The average Bonchev–Trinajstić information content (AvgIpc) is 2.36. The van der Waals surface area contributed by atoms with E-state index in [1.807, 2.05) is 0 Å². The first-order valence-electron chi connectivity index (χ1n) is 4.75. The molecular formula is C13H12O3. The molecule has 0 heterocycles. The molecule has 3 heteroatoms. The molecule has 16 heavy (non-hydrogen) atoms. The molecule has 0 saturated carbocycles. The summed E-state index contributed by atoms with van der Waals surface area (Å²) in [4.78, 5) is 32.9. The predicted molar refractivity (Wildman–Crippen MR) is 60.7 cm³/mol. The fourth-order valence-electron chi connectivity index (χ4n) is 1.69. The third kappa shape index (κ3) is 1.72. The standard InChI is InChI=1S/C13H12O3/c1-3-10-6-13(8-15,9-16)12(4-2)5-11(10)7-14/h3-9,12H,1-2H2. The summed E-state index contributed by atoms with van der Waals surface area (Å²) in [6.45, 7) is 7.10. The molecule has 1 aliphatic carbocycles. The minimum atomic E-state index is -1.27. The number of rotatable bonds is 5. The first-order valence-corrected chi connectivity index (χ1v) is 4.75. The van der Waals surface area contributed by atoms with Crippen LogP contribution in [0.5, 0.6) is 0 Å². The number of hydrogen-bond donors (Lipinski definition) is 0. The van der Waals surface area contributed by atoms with E-state index in [4.69, 9.17) is 0 Å². The van der Waals surface area contributed by atoms with Crippen LogP contribution in [0.15, 0.2) is 48.6 Å². The fraction of sp³-hybridized carbons (Fsp3) is 0.154. The zero-order valence-electron chi connectivity index (χ0n) is 8.76. The van der Waals surface area contributed by atoms with Crippen molar-refractivity contribution in [1.82, 2.24) is 0 Å². The van der Waals surface area contributed by atoms with Gasteiger partial charge in [0.25, 0.3) is 0 Å². The molecule has 0 fully saturated rings. The highest BCUT2D eigenvalue weighted by Gasteiger charge is 2.37. The average molecular weight is 216 g/mol. The smallest absolute Gasteiger partial charge is 0.150 e. The number of aldehydes is 3. The van der Waals surface area contributed by atoms with Crippen LogP contribution < -0.4 is 0 Å². The van der Waals surface area contributed by atoms with Crippen molar-refractivity contribution in [3.8, 4) is 0 Å². The number of carbonyl (C=O) groups excluding carboxylic acids is 3. The summed E-state index contributed by atoms with van der Waals surface area (Å²) in [6.07, 6.45) is 7.73. The molecule has 0 amide bonds. The molecule has 1 aliphatic rings. The van der Waals surface area contributed by atoms with Gasteiger partial charge in [0, 0.05) is 11.5 Å². The third-order valence-electron chi connectivity index (χ3n) is 2.68. The lowest BCUT2D eigenvalue weighted by atomic mass is 9.71. The SMILES string of the molecule is C=CC1=CC(C=O)(C=O)C(C=C)C=C1C=O. The van der Waals surface area contributed by atoms with E-state index in [1.54, 1.807) is 6.08 Å². The van der Waals surface area contributed by atoms with Crippen LogP contribution in [0, 0.1) is 11.3 Å². The van der Waals surface area contributed by atoms with Crippen LogP contribution in [0.1, 0.15) is 0 Å². The molecule has 3 nitrogen and oxygen atoms in total. The lowest BCUT2D eigenvalue weighted by Gasteiger charge is -2.28. The summed E-state index contributed by atoms with van der Waals surface area (Å²) in [5.74, 6) is -0.494. The molecule has 1 atom stereocenters. The third-order valence-corrected chi connectivity index (χ3v) is 2.68. The Kier molecular flexibility index (Phi) is 3.51. The minimum absolute atomic E-state index is 0.416. The van der Waals surface area contributed by atoms with Crippen LogP contribution in [0.2, 0.25) is 0 Å². The highest BCUT2D eigenvalue weighted by Crippen LogP contribution is 2.35. The lowest BCUT2D eigenvalue weighted by Crippen LogP contribution is -2.33. The molecule has 1 rings (SSSR count). The van der Waals surface area contributed by atoms with Crippen molar-refractivity contribution in [3.63, 3.8) is 0 Å². The summed E-state index contributed by atoms with van der Waals surface area (Å²) >= 11 is 0. The zero-order valence-corrected chi connectivity index (χ0v) is 8.76. The van der Waals surface area contributed by atoms with Gasteiger partial charge >= 0.3 is 0 Å². The van der Waals surface area contributed by atoms with Gasteiger partial charge in [0.05, 0.1) is 0 Å². The van der Waals surface area contributed by atoms with Crippen LogP contribution in [0.3, 0.4) is 0 Å². The molecule has 1 unspecified atom stereocenters. The van der Waals surface area contributed by atoms with Crippen LogP contribution >= 0.6 is 0 Å². The Hall–Kier alpha value is -2.03. The quantitative estimate of drug-likeness (QED) is 0.397. The maximum Gasteiger partial charge on any atom is 0.150 e. The Bertz CT molecular complexity index is 405. The molecule has 0 saturated heterocycles. The second kappa shape index (κ2) is 4.66. The Morgan fingerprint density at radius 1 is 1.12 bits per heavy atom.